The van der Waals surface area contributed by atoms with E-state index < -0.39 is 0 Å². The van der Waals surface area contributed by atoms with Gasteiger partial charge in [-0.25, -0.2) is 5.01 Å². The molecule has 1 fully saturated rings. The molecule has 0 bridgehead atoms. The van der Waals surface area contributed by atoms with Crippen LogP contribution in [0.2, 0.25) is 0 Å². The third-order valence-corrected chi connectivity index (χ3v) is 3.60. The maximum absolute atomic E-state index is 8.89. The number of benzene rings is 1. The highest BCUT2D eigenvalue weighted by Gasteiger charge is 2.24. The van der Waals surface area contributed by atoms with Crippen molar-refractivity contribution in [2.45, 2.75) is 6.92 Å². The van der Waals surface area contributed by atoms with Crippen LogP contribution in [0.25, 0.3) is 0 Å². The van der Waals surface area contributed by atoms with Crippen molar-refractivity contribution >= 4 is 21.6 Å². The molecule has 3 nitrogen and oxygen atoms in total. The Morgan fingerprint density at radius 3 is 2.73 bits per heavy atom. The number of aryl methyl sites for hydroxylation is 1. The molecule has 0 aromatic heterocycles. The number of nitrogens with zero attached hydrogens (tertiary/aromatic N) is 2. The highest BCUT2D eigenvalue weighted by molar-refractivity contribution is 9.10. The Morgan fingerprint density at radius 1 is 1.40 bits per heavy atom. The Balaban J connectivity index is 2.12. The standard InChI is InChI=1S/C11H15BrN2O/c1-9-8-10(2-3-11(9)12)14-5-4-13(14)6-7-15/h2-3,8,15H,4-7H2,1H3. The molecule has 0 unspecified atom stereocenters. The van der Waals surface area contributed by atoms with Gasteiger partial charge in [0.25, 0.3) is 0 Å². The van der Waals surface area contributed by atoms with Crippen molar-refractivity contribution in [2.75, 3.05) is 31.3 Å². The van der Waals surface area contributed by atoms with Crippen LogP contribution in [-0.4, -0.2) is 36.4 Å². The second-order valence-electron chi connectivity index (χ2n) is 3.73. The predicted molar refractivity (Wildman–Crippen MR) is 64.9 cm³/mol. The van der Waals surface area contributed by atoms with Gasteiger partial charge in [-0.15, -0.1) is 0 Å². The van der Waals surface area contributed by atoms with E-state index in [0.29, 0.717) is 0 Å². The van der Waals surface area contributed by atoms with E-state index >= 15 is 0 Å². The Labute approximate surface area is 98.4 Å². The van der Waals surface area contributed by atoms with Crippen molar-refractivity contribution in [3.05, 3.63) is 28.2 Å². The SMILES string of the molecule is Cc1cc(N2CCN2CCO)ccc1Br. The second kappa shape index (κ2) is 4.51. The van der Waals surface area contributed by atoms with Gasteiger partial charge < -0.3 is 10.1 Å². The van der Waals surface area contributed by atoms with Gasteiger partial charge >= 0.3 is 0 Å². The van der Waals surface area contributed by atoms with Crippen LogP contribution in [-0.2, 0) is 0 Å². The van der Waals surface area contributed by atoms with Crippen LogP contribution < -0.4 is 5.01 Å². The topological polar surface area (TPSA) is 26.7 Å². The fourth-order valence-corrected chi connectivity index (χ4v) is 2.02. The zero-order chi connectivity index (χ0) is 10.8. The largest absolute Gasteiger partial charge is 0.395 e. The second-order valence-corrected chi connectivity index (χ2v) is 4.59. The first-order valence-electron chi connectivity index (χ1n) is 5.12. The Kier molecular flexibility index (Phi) is 3.29. The van der Waals surface area contributed by atoms with Crippen molar-refractivity contribution in [3.8, 4) is 0 Å². The number of aliphatic hydroxyl groups is 1. The maximum atomic E-state index is 8.89. The Morgan fingerprint density at radius 2 is 2.20 bits per heavy atom. The van der Waals surface area contributed by atoms with Gasteiger partial charge in [-0.2, -0.15) is 0 Å². The molecule has 15 heavy (non-hydrogen) atoms. The lowest BCUT2D eigenvalue weighted by atomic mass is 10.2. The van der Waals surface area contributed by atoms with Crippen LogP contribution in [0.4, 0.5) is 5.69 Å². The quantitative estimate of drug-likeness (QED) is 0.908. The van der Waals surface area contributed by atoms with Gasteiger partial charge in [-0.1, -0.05) is 15.9 Å². The molecule has 1 N–H and O–H groups in total. The molecule has 0 spiro atoms. The molecule has 1 saturated heterocycles. The molecule has 4 heteroatoms. The molecule has 0 amide bonds. The molecule has 1 aromatic rings. The number of hydrogen-bond donors (Lipinski definition) is 1. The first-order chi connectivity index (χ1) is 7.22. The summed E-state index contributed by atoms with van der Waals surface area (Å²) in [6.07, 6.45) is 0. The van der Waals surface area contributed by atoms with Crippen molar-refractivity contribution in [1.82, 2.24) is 5.01 Å². The molecule has 82 valence electrons. The molecule has 1 aliphatic rings. The minimum absolute atomic E-state index is 0.214. The molecule has 0 atom stereocenters. The van der Waals surface area contributed by atoms with E-state index in [9.17, 15) is 0 Å². The Bertz CT molecular complexity index is 356. The molecule has 0 aliphatic carbocycles. The molecule has 0 radical (unpaired) electrons. The molecule has 1 heterocycles. The van der Waals surface area contributed by atoms with Crippen LogP contribution >= 0.6 is 15.9 Å². The highest BCUT2D eigenvalue weighted by Crippen LogP contribution is 2.26. The van der Waals surface area contributed by atoms with Crippen LogP contribution in [0, 0.1) is 6.92 Å². The fourth-order valence-electron chi connectivity index (χ4n) is 1.77. The average Bonchev–Trinajstić information content (AvgIpc) is 2.18. The number of hydrogen-bond acceptors (Lipinski definition) is 3. The van der Waals surface area contributed by atoms with Gasteiger partial charge in [-0.05, 0) is 30.7 Å². The molecular weight excluding hydrogens is 256 g/mol. The summed E-state index contributed by atoms with van der Waals surface area (Å²) < 4.78 is 1.14. The summed E-state index contributed by atoms with van der Waals surface area (Å²) in [6, 6.07) is 6.33. The zero-order valence-corrected chi connectivity index (χ0v) is 10.4. The summed E-state index contributed by atoms with van der Waals surface area (Å²) in [7, 11) is 0. The fraction of sp³-hybridized carbons (Fsp3) is 0.455. The van der Waals surface area contributed by atoms with Gasteiger partial charge in [0.05, 0.1) is 12.3 Å². The Hall–Kier alpha value is -0.580. The third-order valence-electron chi connectivity index (χ3n) is 2.71. The van der Waals surface area contributed by atoms with Crippen LogP contribution in [0.1, 0.15) is 5.56 Å². The van der Waals surface area contributed by atoms with Gasteiger partial charge in [0.1, 0.15) is 0 Å². The lowest BCUT2D eigenvalue weighted by molar-refractivity contribution is 0.131. The summed E-state index contributed by atoms with van der Waals surface area (Å²) in [4.78, 5) is 0. The lowest BCUT2D eigenvalue weighted by Crippen LogP contribution is -2.58. The van der Waals surface area contributed by atoms with E-state index in [0.717, 1.165) is 24.1 Å². The van der Waals surface area contributed by atoms with Gasteiger partial charge in [0, 0.05) is 24.1 Å². The summed E-state index contributed by atoms with van der Waals surface area (Å²) in [5, 5.41) is 13.2. The molecule has 1 aromatic carbocycles. The van der Waals surface area contributed by atoms with E-state index in [-0.39, 0.29) is 6.61 Å². The van der Waals surface area contributed by atoms with Crippen LogP contribution in [0.15, 0.2) is 22.7 Å². The van der Waals surface area contributed by atoms with E-state index in [1.54, 1.807) is 0 Å². The summed E-state index contributed by atoms with van der Waals surface area (Å²) in [5.41, 5.74) is 2.44. The van der Waals surface area contributed by atoms with Crippen molar-refractivity contribution in [3.63, 3.8) is 0 Å². The summed E-state index contributed by atoms with van der Waals surface area (Å²) >= 11 is 3.49. The van der Waals surface area contributed by atoms with E-state index in [1.165, 1.54) is 11.3 Å². The molecule has 1 aliphatic heterocycles. The number of anilines is 1. The smallest absolute Gasteiger partial charge is 0.0577 e. The van der Waals surface area contributed by atoms with E-state index in [4.69, 9.17) is 5.11 Å². The highest BCUT2D eigenvalue weighted by atomic mass is 79.9. The van der Waals surface area contributed by atoms with Crippen molar-refractivity contribution in [1.29, 1.82) is 0 Å². The first kappa shape index (κ1) is 10.9. The normalized spacial score (nSPS) is 16.6. The number of hydrazine groups is 1. The lowest BCUT2D eigenvalue weighted by Gasteiger charge is -2.45. The van der Waals surface area contributed by atoms with Crippen molar-refractivity contribution in [2.24, 2.45) is 0 Å². The van der Waals surface area contributed by atoms with Crippen LogP contribution in [0.5, 0.6) is 0 Å². The van der Waals surface area contributed by atoms with E-state index in [1.807, 2.05) is 0 Å². The van der Waals surface area contributed by atoms with E-state index in [2.05, 4.69) is 51.1 Å². The number of β-amino-alcohol motifs (C(OH)–C–C–N with tert-alkyl or cyclic N) is 1. The summed E-state index contributed by atoms with van der Waals surface area (Å²) in [5.74, 6) is 0. The first-order valence-corrected chi connectivity index (χ1v) is 5.91. The van der Waals surface area contributed by atoms with Crippen LogP contribution in [0.3, 0.4) is 0 Å². The summed E-state index contributed by atoms with van der Waals surface area (Å²) in [6.45, 7) is 5.10. The van der Waals surface area contributed by atoms with Gasteiger partial charge in [-0.3, -0.25) is 0 Å². The minimum Gasteiger partial charge on any atom is -0.395 e. The third kappa shape index (κ3) is 2.17. The van der Waals surface area contributed by atoms with Crippen molar-refractivity contribution < 1.29 is 5.11 Å². The number of aliphatic hydroxyl groups excluding tert-OH is 1. The number of rotatable bonds is 3. The monoisotopic (exact) mass is 270 g/mol. The molecular formula is C11H15BrN2O. The van der Waals surface area contributed by atoms with Gasteiger partial charge in [0.2, 0.25) is 0 Å². The molecule has 2 rings (SSSR count). The number of halogens is 1. The molecule has 0 saturated carbocycles. The zero-order valence-electron chi connectivity index (χ0n) is 8.78. The minimum atomic E-state index is 0.214. The predicted octanol–water partition coefficient (Wildman–Crippen LogP) is 1.79. The van der Waals surface area contributed by atoms with Gasteiger partial charge in [0.15, 0.2) is 0 Å². The average molecular weight is 271 g/mol. The maximum Gasteiger partial charge on any atom is 0.0577 e.